The highest BCUT2D eigenvalue weighted by Crippen LogP contribution is 2.21. The van der Waals surface area contributed by atoms with Crippen LogP contribution in [0.3, 0.4) is 0 Å². The van der Waals surface area contributed by atoms with Crippen molar-refractivity contribution in [1.29, 1.82) is 0 Å². The molecule has 0 aliphatic heterocycles. The van der Waals surface area contributed by atoms with E-state index in [9.17, 15) is 4.79 Å². The first-order valence-electron chi connectivity index (χ1n) is 3.31. The lowest BCUT2D eigenvalue weighted by molar-refractivity contribution is -0.113. The minimum Gasteiger partial charge on any atom is -0.309 e. The van der Waals surface area contributed by atoms with Crippen molar-refractivity contribution < 1.29 is 4.79 Å². The van der Waals surface area contributed by atoms with Gasteiger partial charge in [0.25, 0.3) is 0 Å². The molecule has 3 nitrogen and oxygen atoms in total. The number of halogens is 3. The fraction of sp³-hybridized carbons (Fsp3) is 0.143. The zero-order chi connectivity index (χ0) is 9.84. The fourth-order valence-electron chi connectivity index (χ4n) is 0.671. The number of alkyl halides is 1. The Balaban J connectivity index is 2.87. The lowest BCUT2D eigenvalue weighted by Gasteiger charge is -2.04. The van der Waals surface area contributed by atoms with Crippen molar-refractivity contribution in [1.82, 2.24) is 4.98 Å². The number of carbonyl (C=O) groups is 1. The monoisotopic (exact) mass is 326 g/mol. The van der Waals surface area contributed by atoms with E-state index < -0.39 is 0 Å². The van der Waals surface area contributed by atoms with Crippen LogP contribution in [0.25, 0.3) is 0 Å². The minimum absolute atomic E-state index is 0.171. The maximum Gasteiger partial charge on any atom is 0.236 e. The molecule has 0 bridgehead atoms. The van der Waals surface area contributed by atoms with Crippen LogP contribution in [-0.4, -0.2) is 16.2 Å². The molecule has 1 heterocycles. The zero-order valence-corrected chi connectivity index (χ0v) is 10.3. The van der Waals surface area contributed by atoms with E-state index in [0.717, 1.165) is 0 Å². The van der Waals surface area contributed by atoms with E-state index >= 15 is 0 Å². The van der Waals surface area contributed by atoms with Gasteiger partial charge in [0.1, 0.15) is 11.0 Å². The van der Waals surface area contributed by atoms with Crippen molar-refractivity contribution in [2.45, 2.75) is 0 Å². The maximum absolute atomic E-state index is 11.0. The van der Waals surface area contributed by atoms with Crippen LogP contribution in [0.1, 0.15) is 0 Å². The molecule has 1 amide bonds. The molecule has 1 rings (SSSR count). The zero-order valence-electron chi connectivity index (χ0n) is 6.35. The van der Waals surface area contributed by atoms with Crippen molar-refractivity contribution >= 4 is 55.2 Å². The topological polar surface area (TPSA) is 42.0 Å². The molecule has 1 aromatic heterocycles. The van der Waals surface area contributed by atoms with Gasteiger partial charge in [0.05, 0.1) is 9.80 Å². The SMILES string of the molecule is O=C(CBr)Nc1nc(Cl)ccc1Br. The third kappa shape index (κ3) is 3.25. The number of anilines is 1. The third-order valence-corrected chi connectivity index (χ3v) is 2.55. The second kappa shape index (κ2) is 4.93. The summed E-state index contributed by atoms with van der Waals surface area (Å²) in [4.78, 5) is 14.9. The van der Waals surface area contributed by atoms with Gasteiger partial charge in [-0.3, -0.25) is 4.79 Å². The quantitative estimate of drug-likeness (QED) is 0.670. The lowest BCUT2D eigenvalue weighted by atomic mass is 10.4. The molecule has 0 saturated heterocycles. The van der Waals surface area contributed by atoms with Gasteiger partial charge in [0.15, 0.2) is 0 Å². The second-order valence-electron chi connectivity index (χ2n) is 2.15. The van der Waals surface area contributed by atoms with Gasteiger partial charge in [0, 0.05) is 0 Å². The summed E-state index contributed by atoms with van der Waals surface area (Å²) in [5.41, 5.74) is 0. The highest BCUT2D eigenvalue weighted by molar-refractivity contribution is 9.10. The first-order chi connectivity index (χ1) is 6.13. The van der Waals surface area contributed by atoms with Crippen LogP contribution in [-0.2, 0) is 4.79 Å². The molecule has 0 atom stereocenters. The van der Waals surface area contributed by atoms with Crippen molar-refractivity contribution in [3.8, 4) is 0 Å². The molecule has 13 heavy (non-hydrogen) atoms. The molecule has 0 aliphatic rings. The molecule has 0 spiro atoms. The van der Waals surface area contributed by atoms with Gasteiger partial charge in [-0.25, -0.2) is 4.98 Å². The number of aromatic nitrogens is 1. The molecule has 1 N–H and O–H groups in total. The van der Waals surface area contributed by atoms with Gasteiger partial charge < -0.3 is 5.32 Å². The van der Waals surface area contributed by atoms with Crippen LogP contribution in [0.4, 0.5) is 5.82 Å². The Labute approximate surface area is 97.1 Å². The average Bonchev–Trinajstić information content (AvgIpc) is 2.11. The lowest BCUT2D eigenvalue weighted by Crippen LogP contribution is -2.13. The van der Waals surface area contributed by atoms with Crippen LogP contribution in [0.15, 0.2) is 16.6 Å². The molecule has 6 heteroatoms. The molecule has 0 radical (unpaired) electrons. The molecule has 70 valence electrons. The van der Waals surface area contributed by atoms with E-state index in [0.29, 0.717) is 15.4 Å². The summed E-state index contributed by atoms with van der Waals surface area (Å²) in [6.45, 7) is 0. The number of pyridine rings is 1. The summed E-state index contributed by atoms with van der Waals surface area (Å²) in [7, 11) is 0. The van der Waals surface area contributed by atoms with E-state index in [1.807, 2.05) is 0 Å². The first-order valence-corrected chi connectivity index (χ1v) is 5.60. The van der Waals surface area contributed by atoms with Gasteiger partial charge >= 0.3 is 0 Å². The van der Waals surface area contributed by atoms with Crippen LogP contribution < -0.4 is 5.32 Å². The largest absolute Gasteiger partial charge is 0.309 e. The molecule has 1 aromatic rings. The smallest absolute Gasteiger partial charge is 0.236 e. The van der Waals surface area contributed by atoms with Crippen LogP contribution in [0.2, 0.25) is 5.15 Å². The number of amides is 1. The van der Waals surface area contributed by atoms with Gasteiger partial charge in [-0.15, -0.1) is 0 Å². The van der Waals surface area contributed by atoms with Crippen molar-refractivity contribution in [2.24, 2.45) is 0 Å². The van der Waals surface area contributed by atoms with E-state index in [2.05, 4.69) is 42.2 Å². The van der Waals surface area contributed by atoms with Gasteiger partial charge in [-0.2, -0.15) is 0 Å². The maximum atomic E-state index is 11.0. The van der Waals surface area contributed by atoms with Gasteiger partial charge in [0.2, 0.25) is 5.91 Å². The predicted molar refractivity (Wildman–Crippen MR) is 59.4 cm³/mol. The van der Waals surface area contributed by atoms with E-state index in [1.165, 1.54) is 0 Å². The third-order valence-electron chi connectivity index (χ3n) is 1.19. The van der Waals surface area contributed by atoms with E-state index in [1.54, 1.807) is 12.1 Å². The van der Waals surface area contributed by atoms with Crippen LogP contribution in [0, 0.1) is 0 Å². The highest BCUT2D eigenvalue weighted by Gasteiger charge is 2.05. The number of nitrogens with one attached hydrogen (secondary N) is 1. The molecule has 0 aliphatic carbocycles. The number of rotatable bonds is 2. The van der Waals surface area contributed by atoms with E-state index in [4.69, 9.17) is 11.6 Å². The predicted octanol–water partition coefficient (Wildman–Crippen LogP) is 2.83. The summed E-state index contributed by atoms with van der Waals surface area (Å²) in [6.07, 6.45) is 0. The first kappa shape index (κ1) is 10.9. The van der Waals surface area contributed by atoms with Crippen LogP contribution >= 0.6 is 43.5 Å². The van der Waals surface area contributed by atoms with Crippen molar-refractivity contribution in [3.63, 3.8) is 0 Å². The standard InChI is InChI=1S/C7H5Br2ClN2O/c8-3-6(13)12-7-4(9)1-2-5(10)11-7/h1-2H,3H2,(H,11,12,13). The number of carbonyl (C=O) groups excluding carboxylic acids is 1. The van der Waals surface area contributed by atoms with Crippen molar-refractivity contribution in [3.05, 3.63) is 21.8 Å². The summed E-state index contributed by atoms with van der Waals surface area (Å²) >= 11 is 11.9. The second-order valence-corrected chi connectivity index (χ2v) is 3.95. The Hall–Kier alpha value is -0.130. The fourth-order valence-corrected chi connectivity index (χ4v) is 1.28. The summed E-state index contributed by atoms with van der Waals surface area (Å²) in [5.74, 6) is 0.257. The number of hydrogen-bond acceptors (Lipinski definition) is 2. The number of nitrogens with zero attached hydrogens (tertiary/aromatic N) is 1. The van der Waals surface area contributed by atoms with Crippen molar-refractivity contribution in [2.75, 3.05) is 10.6 Å². The molecular weight excluding hydrogens is 323 g/mol. The number of hydrogen-bond donors (Lipinski definition) is 1. The van der Waals surface area contributed by atoms with Gasteiger partial charge in [-0.1, -0.05) is 27.5 Å². The molecule has 0 saturated carbocycles. The minimum atomic E-state index is -0.171. The van der Waals surface area contributed by atoms with Crippen LogP contribution in [0.5, 0.6) is 0 Å². The molecular formula is C7H5Br2ClN2O. The van der Waals surface area contributed by atoms with Gasteiger partial charge in [-0.05, 0) is 28.1 Å². The Morgan fingerprint density at radius 3 is 2.92 bits per heavy atom. The Bertz CT molecular complexity index is 332. The Morgan fingerprint density at radius 1 is 1.62 bits per heavy atom. The Kier molecular flexibility index (Phi) is 4.15. The summed E-state index contributed by atoms with van der Waals surface area (Å²) in [5, 5.41) is 3.14. The molecule has 0 fully saturated rings. The average molecular weight is 328 g/mol. The Morgan fingerprint density at radius 2 is 2.31 bits per heavy atom. The highest BCUT2D eigenvalue weighted by atomic mass is 79.9. The molecule has 0 unspecified atom stereocenters. The molecule has 0 aromatic carbocycles. The van der Waals surface area contributed by atoms with E-state index in [-0.39, 0.29) is 11.2 Å². The normalized spacial score (nSPS) is 9.77. The summed E-state index contributed by atoms with van der Waals surface area (Å²) < 4.78 is 0.700. The summed E-state index contributed by atoms with van der Waals surface area (Å²) in [6, 6.07) is 3.36.